The fourth-order valence-electron chi connectivity index (χ4n) is 3.23. The Kier molecular flexibility index (Phi) is 7.39. The van der Waals surface area contributed by atoms with Crippen LogP contribution in [0.1, 0.15) is 47.3 Å². The number of nitrogens with one attached hydrogen (secondary N) is 1. The Morgan fingerprint density at radius 2 is 1.94 bits per heavy atom. The molecule has 0 bridgehead atoms. The lowest BCUT2D eigenvalue weighted by Crippen LogP contribution is -2.37. The molecular formula is C23H27N5O3S. The van der Waals surface area contributed by atoms with Gasteiger partial charge < -0.3 is 19.4 Å². The molecule has 0 atom stereocenters. The van der Waals surface area contributed by atoms with Crippen LogP contribution in [0.5, 0.6) is 0 Å². The molecule has 0 spiro atoms. The van der Waals surface area contributed by atoms with Gasteiger partial charge in [-0.15, -0.1) is 0 Å². The van der Waals surface area contributed by atoms with E-state index < -0.39 is 0 Å². The molecule has 0 saturated carbocycles. The number of morpholine rings is 1. The molecule has 1 amide bonds. The molecule has 1 fully saturated rings. The maximum Gasteiger partial charge on any atom is 0.287 e. The van der Waals surface area contributed by atoms with Gasteiger partial charge in [-0.1, -0.05) is 25.6 Å². The highest BCUT2D eigenvalue weighted by Gasteiger charge is 2.17. The van der Waals surface area contributed by atoms with E-state index in [0.717, 1.165) is 30.2 Å². The maximum absolute atomic E-state index is 12.4. The number of thioether (sulfide) groups is 1. The first kappa shape index (κ1) is 22.3. The number of nitrogens with zero attached hydrogens (tertiary/aromatic N) is 4. The number of carbonyl (C=O) groups is 1. The van der Waals surface area contributed by atoms with Gasteiger partial charge in [0.1, 0.15) is 11.6 Å². The Morgan fingerprint density at radius 1 is 1.16 bits per heavy atom. The quantitative estimate of drug-likeness (QED) is 0.408. The van der Waals surface area contributed by atoms with E-state index in [9.17, 15) is 4.79 Å². The van der Waals surface area contributed by atoms with E-state index in [1.165, 1.54) is 11.8 Å². The third kappa shape index (κ3) is 5.86. The fraction of sp³-hybridized carbons (Fsp3) is 0.391. The summed E-state index contributed by atoms with van der Waals surface area (Å²) in [6, 6.07) is 9.31. The smallest absolute Gasteiger partial charge is 0.287 e. The van der Waals surface area contributed by atoms with Gasteiger partial charge >= 0.3 is 0 Å². The SMILES string of the molecule is CC(C)c1cc(N2CCOCC2)nc(SCc2ccc(C(=O)NCc3ccncc3)o2)n1. The molecule has 3 aromatic rings. The summed E-state index contributed by atoms with van der Waals surface area (Å²) in [6.45, 7) is 7.76. The number of anilines is 1. The molecule has 8 nitrogen and oxygen atoms in total. The molecule has 32 heavy (non-hydrogen) atoms. The summed E-state index contributed by atoms with van der Waals surface area (Å²) in [5.74, 6) is 2.53. The second-order valence-corrected chi connectivity index (χ2v) is 8.72. The lowest BCUT2D eigenvalue weighted by atomic mass is 10.1. The van der Waals surface area contributed by atoms with Crippen molar-refractivity contribution in [1.82, 2.24) is 20.3 Å². The average Bonchev–Trinajstić information content (AvgIpc) is 3.31. The summed E-state index contributed by atoms with van der Waals surface area (Å²) in [4.78, 5) is 28.1. The molecule has 4 rings (SSSR count). The van der Waals surface area contributed by atoms with E-state index in [1.54, 1.807) is 18.5 Å². The van der Waals surface area contributed by atoms with E-state index in [2.05, 4.69) is 35.1 Å². The van der Waals surface area contributed by atoms with Crippen molar-refractivity contribution in [3.63, 3.8) is 0 Å². The molecule has 168 valence electrons. The first-order valence-electron chi connectivity index (χ1n) is 10.7. The maximum atomic E-state index is 12.4. The van der Waals surface area contributed by atoms with Crippen LogP contribution in [0.3, 0.4) is 0 Å². The minimum atomic E-state index is -0.245. The summed E-state index contributed by atoms with van der Waals surface area (Å²) in [5, 5.41) is 3.56. The van der Waals surface area contributed by atoms with Gasteiger partial charge in [0, 0.05) is 43.8 Å². The van der Waals surface area contributed by atoms with Gasteiger partial charge in [0.05, 0.1) is 19.0 Å². The monoisotopic (exact) mass is 453 g/mol. The third-order valence-electron chi connectivity index (χ3n) is 5.07. The second kappa shape index (κ2) is 10.6. The van der Waals surface area contributed by atoms with Crippen LogP contribution < -0.4 is 10.2 Å². The molecule has 3 aromatic heterocycles. The summed E-state index contributed by atoms with van der Waals surface area (Å²) in [5.41, 5.74) is 1.99. The molecule has 1 N–H and O–H groups in total. The third-order valence-corrected chi connectivity index (χ3v) is 5.94. The number of amides is 1. The molecule has 0 aliphatic carbocycles. The highest BCUT2D eigenvalue weighted by atomic mass is 32.2. The molecule has 1 aliphatic rings. The van der Waals surface area contributed by atoms with Crippen LogP contribution in [0.4, 0.5) is 5.82 Å². The van der Waals surface area contributed by atoms with Crippen molar-refractivity contribution in [1.29, 1.82) is 0 Å². The van der Waals surface area contributed by atoms with E-state index in [1.807, 2.05) is 18.2 Å². The molecule has 9 heteroatoms. The Morgan fingerprint density at radius 3 is 2.69 bits per heavy atom. The number of pyridine rings is 1. The zero-order valence-electron chi connectivity index (χ0n) is 18.3. The Labute approximate surface area is 191 Å². The normalized spacial score (nSPS) is 14.0. The van der Waals surface area contributed by atoms with E-state index >= 15 is 0 Å². The predicted molar refractivity (Wildman–Crippen MR) is 123 cm³/mol. The van der Waals surface area contributed by atoms with Crippen LogP contribution in [0, 0.1) is 0 Å². The van der Waals surface area contributed by atoms with Crippen molar-refractivity contribution in [3.8, 4) is 0 Å². The van der Waals surface area contributed by atoms with Crippen molar-refractivity contribution in [3.05, 3.63) is 65.5 Å². The molecule has 0 unspecified atom stereocenters. The van der Waals surface area contributed by atoms with Gasteiger partial charge in [0.2, 0.25) is 0 Å². The zero-order chi connectivity index (χ0) is 22.3. The van der Waals surface area contributed by atoms with Crippen LogP contribution >= 0.6 is 11.8 Å². The summed E-state index contributed by atoms with van der Waals surface area (Å²) in [7, 11) is 0. The largest absolute Gasteiger partial charge is 0.455 e. The number of hydrogen-bond acceptors (Lipinski definition) is 8. The number of rotatable bonds is 8. The zero-order valence-corrected chi connectivity index (χ0v) is 19.1. The van der Waals surface area contributed by atoms with Gasteiger partial charge in [-0.25, -0.2) is 9.97 Å². The highest BCUT2D eigenvalue weighted by Crippen LogP contribution is 2.26. The van der Waals surface area contributed by atoms with Crippen LogP contribution in [0.15, 0.2) is 52.3 Å². The first-order valence-corrected chi connectivity index (χ1v) is 11.7. The topological polar surface area (TPSA) is 93.4 Å². The predicted octanol–water partition coefficient (Wildman–Crippen LogP) is 3.65. The highest BCUT2D eigenvalue weighted by molar-refractivity contribution is 7.98. The number of ether oxygens (including phenoxy) is 1. The van der Waals surface area contributed by atoms with Crippen LogP contribution in [0.2, 0.25) is 0 Å². The second-order valence-electron chi connectivity index (χ2n) is 7.78. The van der Waals surface area contributed by atoms with Crippen molar-refractivity contribution in [2.24, 2.45) is 0 Å². The Hall–Kier alpha value is -2.91. The molecule has 4 heterocycles. The Bertz CT molecular complexity index is 1040. The van der Waals surface area contributed by atoms with Gasteiger partial charge in [-0.05, 0) is 35.7 Å². The van der Waals surface area contributed by atoms with E-state index in [0.29, 0.717) is 48.1 Å². The van der Waals surface area contributed by atoms with Gasteiger partial charge in [-0.2, -0.15) is 0 Å². The summed E-state index contributed by atoms with van der Waals surface area (Å²) < 4.78 is 11.2. The number of aromatic nitrogens is 3. The van der Waals surface area contributed by atoms with Gasteiger partial charge in [-0.3, -0.25) is 9.78 Å². The van der Waals surface area contributed by atoms with Crippen molar-refractivity contribution in [2.45, 2.75) is 37.2 Å². The number of hydrogen-bond donors (Lipinski definition) is 1. The molecular weight excluding hydrogens is 426 g/mol. The Balaban J connectivity index is 1.38. The number of carbonyl (C=O) groups excluding carboxylic acids is 1. The van der Waals surface area contributed by atoms with Gasteiger partial charge in [0.25, 0.3) is 5.91 Å². The average molecular weight is 454 g/mol. The number of furan rings is 1. The van der Waals surface area contributed by atoms with Crippen LogP contribution in [0.25, 0.3) is 0 Å². The standard InChI is InChI=1S/C23H27N5O3S/c1-16(2)19-13-21(28-9-11-30-12-10-28)27-23(26-19)32-15-18-3-4-20(31-18)22(29)25-14-17-5-7-24-8-6-17/h3-8,13,16H,9-12,14-15H2,1-2H3,(H,25,29). The van der Waals surface area contributed by atoms with Crippen molar-refractivity contribution in [2.75, 3.05) is 31.2 Å². The first-order chi connectivity index (χ1) is 15.6. The lowest BCUT2D eigenvalue weighted by Gasteiger charge is -2.28. The minimum Gasteiger partial charge on any atom is -0.455 e. The van der Waals surface area contributed by atoms with E-state index in [4.69, 9.17) is 19.1 Å². The summed E-state index contributed by atoms with van der Waals surface area (Å²) >= 11 is 1.51. The molecule has 0 radical (unpaired) electrons. The molecule has 1 aliphatic heterocycles. The molecule has 0 aromatic carbocycles. The fourth-order valence-corrected chi connectivity index (χ4v) is 3.98. The van der Waals surface area contributed by atoms with E-state index in [-0.39, 0.29) is 5.91 Å². The van der Waals surface area contributed by atoms with Crippen LogP contribution in [-0.2, 0) is 17.0 Å². The van der Waals surface area contributed by atoms with Crippen LogP contribution in [-0.4, -0.2) is 47.2 Å². The molecule has 1 saturated heterocycles. The van der Waals surface area contributed by atoms with Crippen molar-refractivity contribution < 1.29 is 13.9 Å². The minimum absolute atomic E-state index is 0.245. The summed E-state index contributed by atoms with van der Waals surface area (Å²) in [6.07, 6.45) is 3.40. The van der Waals surface area contributed by atoms with Gasteiger partial charge in [0.15, 0.2) is 10.9 Å². The lowest BCUT2D eigenvalue weighted by molar-refractivity contribution is 0.0921. The van der Waals surface area contributed by atoms with Crippen molar-refractivity contribution >= 4 is 23.5 Å².